The van der Waals surface area contributed by atoms with E-state index in [1.54, 1.807) is 13.0 Å². The van der Waals surface area contributed by atoms with E-state index in [4.69, 9.17) is 9.15 Å². The van der Waals surface area contributed by atoms with E-state index in [1.807, 2.05) is 24.8 Å². The number of aryl methyl sites for hydroxylation is 2. The molecular formula is C26H34N2O6. The van der Waals surface area contributed by atoms with E-state index in [0.717, 1.165) is 36.8 Å². The normalized spacial score (nSPS) is 22.4. The summed E-state index contributed by atoms with van der Waals surface area (Å²) in [6, 6.07) is 3.59. The Hall–Kier alpha value is -2.87. The molecule has 0 radical (unpaired) electrons. The van der Waals surface area contributed by atoms with Gasteiger partial charge in [-0.25, -0.2) is 4.79 Å². The van der Waals surface area contributed by atoms with Crippen molar-refractivity contribution in [1.82, 2.24) is 10.2 Å². The van der Waals surface area contributed by atoms with Gasteiger partial charge in [-0.3, -0.25) is 9.59 Å². The molecule has 1 aliphatic carbocycles. The van der Waals surface area contributed by atoms with E-state index in [0.29, 0.717) is 41.8 Å². The standard InChI is InChI=1S/C26H34N2O6/c1-16-12-20(24-17(2)18(3)25(31)34-21(24)13-16)33-15-22(29)27-10-7-23(30)28-11-9-26(32)8-5-4-6-19(26)14-28/h12-13,19,32H,4-11,14-15H2,1-3H3,(H,27,29)/t19-,26+/m0/s1. The number of likely N-dealkylation sites (tertiary alicyclic amines) is 1. The highest BCUT2D eigenvalue weighted by atomic mass is 16.5. The van der Waals surface area contributed by atoms with Gasteiger partial charge in [0.2, 0.25) is 5.91 Å². The van der Waals surface area contributed by atoms with Crippen LogP contribution in [0.2, 0.25) is 0 Å². The third-order valence-corrected chi connectivity index (χ3v) is 7.46. The predicted octanol–water partition coefficient (Wildman–Crippen LogP) is 2.76. The van der Waals surface area contributed by atoms with Crippen molar-refractivity contribution < 1.29 is 23.8 Å². The molecule has 1 aromatic carbocycles. The maximum atomic E-state index is 12.6. The van der Waals surface area contributed by atoms with Crippen molar-refractivity contribution >= 4 is 22.8 Å². The van der Waals surface area contributed by atoms with Crippen LogP contribution in [0, 0.1) is 26.7 Å². The van der Waals surface area contributed by atoms with Gasteiger partial charge < -0.3 is 24.5 Å². The van der Waals surface area contributed by atoms with Crippen LogP contribution in [-0.4, -0.2) is 53.7 Å². The minimum Gasteiger partial charge on any atom is -0.483 e. The van der Waals surface area contributed by atoms with Gasteiger partial charge in [-0.2, -0.15) is 0 Å². The van der Waals surface area contributed by atoms with Gasteiger partial charge in [0, 0.05) is 37.5 Å². The molecule has 4 rings (SSSR count). The number of rotatable bonds is 6. The van der Waals surface area contributed by atoms with Gasteiger partial charge >= 0.3 is 5.63 Å². The molecule has 0 spiro atoms. The molecule has 1 saturated heterocycles. The lowest BCUT2D eigenvalue weighted by Crippen LogP contribution is -2.54. The number of ether oxygens (including phenoxy) is 1. The third kappa shape index (κ3) is 4.97. The van der Waals surface area contributed by atoms with Gasteiger partial charge in [-0.05, 0) is 63.3 Å². The molecule has 0 unspecified atom stereocenters. The van der Waals surface area contributed by atoms with Crippen LogP contribution in [0.15, 0.2) is 21.3 Å². The molecule has 2 aromatic rings. The Bertz CT molecular complexity index is 1160. The average Bonchev–Trinajstić information content (AvgIpc) is 2.80. The van der Waals surface area contributed by atoms with Gasteiger partial charge in [0.15, 0.2) is 6.61 Å². The molecule has 34 heavy (non-hydrogen) atoms. The first-order valence-electron chi connectivity index (χ1n) is 12.1. The van der Waals surface area contributed by atoms with Gasteiger partial charge in [0.25, 0.3) is 5.91 Å². The van der Waals surface area contributed by atoms with Crippen molar-refractivity contribution in [3.8, 4) is 5.75 Å². The summed E-state index contributed by atoms with van der Waals surface area (Å²) in [5, 5.41) is 14.2. The molecule has 1 aliphatic heterocycles. The lowest BCUT2D eigenvalue weighted by atomic mass is 9.71. The first-order chi connectivity index (χ1) is 16.2. The van der Waals surface area contributed by atoms with E-state index in [2.05, 4.69) is 5.32 Å². The highest BCUT2D eigenvalue weighted by Crippen LogP contribution is 2.39. The Balaban J connectivity index is 1.29. The number of piperidine rings is 1. The Morgan fingerprint density at radius 3 is 2.79 bits per heavy atom. The van der Waals surface area contributed by atoms with Crippen molar-refractivity contribution in [3.05, 3.63) is 39.2 Å². The van der Waals surface area contributed by atoms with Crippen LogP contribution in [0.5, 0.6) is 5.75 Å². The Labute approximate surface area is 199 Å². The van der Waals surface area contributed by atoms with Crippen molar-refractivity contribution in [3.63, 3.8) is 0 Å². The number of nitrogens with zero attached hydrogens (tertiary/aromatic N) is 1. The van der Waals surface area contributed by atoms with E-state index >= 15 is 0 Å². The summed E-state index contributed by atoms with van der Waals surface area (Å²) in [6.45, 7) is 6.58. The Morgan fingerprint density at radius 1 is 1.21 bits per heavy atom. The predicted molar refractivity (Wildman–Crippen MR) is 128 cm³/mol. The summed E-state index contributed by atoms with van der Waals surface area (Å²) < 4.78 is 11.2. The van der Waals surface area contributed by atoms with Crippen molar-refractivity contribution in [2.24, 2.45) is 5.92 Å². The van der Waals surface area contributed by atoms with Crippen molar-refractivity contribution in [2.75, 3.05) is 26.2 Å². The third-order valence-electron chi connectivity index (χ3n) is 7.46. The zero-order chi connectivity index (χ0) is 24.5. The molecule has 0 bridgehead atoms. The number of carbonyl (C=O) groups is 2. The highest BCUT2D eigenvalue weighted by Gasteiger charge is 2.43. The number of amides is 2. The highest BCUT2D eigenvalue weighted by molar-refractivity contribution is 5.88. The van der Waals surface area contributed by atoms with E-state index < -0.39 is 5.60 Å². The van der Waals surface area contributed by atoms with Crippen molar-refractivity contribution in [1.29, 1.82) is 0 Å². The van der Waals surface area contributed by atoms with E-state index in [1.165, 1.54) is 0 Å². The second kappa shape index (κ2) is 9.78. The number of hydrogen-bond acceptors (Lipinski definition) is 6. The minimum absolute atomic E-state index is 0.000325. The van der Waals surface area contributed by atoms with Crippen molar-refractivity contribution in [2.45, 2.75) is 64.9 Å². The van der Waals surface area contributed by atoms with E-state index in [9.17, 15) is 19.5 Å². The van der Waals surface area contributed by atoms with Crippen LogP contribution < -0.4 is 15.7 Å². The zero-order valence-corrected chi connectivity index (χ0v) is 20.2. The number of benzene rings is 1. The number of nitrogens with one attached hydrogen (secondary N) is 1. The summed E-state index contributed by atoms with van der Waals surface area (Å²) in [5.74, 6) is 0.315. The molecular weight excluding hydrogens is 436 g/mol. The molecule has 184 valence electrons. The van der Waals surface area contributed by atoms with Gasteiger partial charge in [-0.15, -0.1) is 0 Å². The van der Waals surface area contributed by atoms with Crippen LogP contribution in [0.1, 0.15) is 55.2 Å². The molecule has 8 heteroatoms. The van der Waals surface area contributed by atoms with Crippen LogP contribution in [0.4, 0.5) is 0 Å². The van der Waals surface area contributed by atoms with Crippen LogP contribution in [0.3, 0.4) is 0 Å². The van der Waals surface area contributed by atoms with Gasteiger partial charge in [0.05, 0.1) is 11.0 Å². The average molecular weight is 471 g/mol. The van der Waals surface area contributed by atoms with Crippen LogP contribution in [0.25, 0.3) is 11.0 Å². The smallest absolute Gasteiger partial charge is 0.339 e. The lowest BCUT2D eigenvalue weighted by Gasteiger charge is -2.47. The number of carbonyl (C=O) groups excluding carboxylic acids is 2. The van der Waals surface area contributed by atoms with Gasteiger partial charge in [-0.1, -0.05) is 12.8 Å². The molecule has 2 N–H and O–H groups in total. The first kappa shape index (κ1) is 24.3. The molecule has 2 amide bonds. The molecule has 2 heterocycles. The second-order valence-electron chi connectivity index (χ2n) is 9.80. The summed E-state index contributed by atoms with van der Waals surface area (Å²) in [6.07, 6.45) is 4.80. The Kier molecular flexibility index (Phi) is 6.98. The fraction of sp³-hybridized carbons (Fsp3) is 0.577. The summed E-state index contributed by atoms with van der Waals surface area (Å²) in [4.78, 5) is 38.8. The largest absolute Gasteiger partial charge is 0.483 e. The maximum absolute atomic E-state index is 12.6. The van der Waals surface area contributed by atoms with Crippen LogP contribution in [-0.2, 0) is 9.59 Å². The molecule has 2 fully saturated rings. The summed E-state index contributed by atoms with van der Waals surface area (Å²) in [5.41, 5.74) is 1.56. The van der Waals surface area contributed by atoms with Crippen LogP contribution >= 0.6 is 0 Å². The Morgan fingerprint density at radius 2 is 2.00 bits per heavy atom. The molecule has 2 atom stereocenters. The number of aliphatic hydroxyl groups is 1. The molecule has 8 nitrogen and oxygen atoms in total. The number of fused-ring (bicyclic) bond motifs is 2. The summed E-state index contributed by atoms with van der Waals surface area (Å²) in [7, 11) is 0. The minimum atomic E-state index is -0.611. The number of hydrogen-bond donors (Lipinski definition) is 2. The first-order valence-corrected chi connectivity index (χ1v) is 12.1. The second-order valence-corrected chi connectivity index (χ2v) is 9.80. The topological polar surface area (TPSA) is 109 Å². The molecule has 1 aromatic heterocycles. The quantitative estimate of drug-likeness (QED) is 0.629. The fourth-order valence-corrected chi connectivity index (χ4v) is 5.26. The fourth-order valence-electron chi connectivity index (χ4n) is 5.26. The lowest BCUT2D eigenvalue weighted by molar-refractivity contribution is -0.143. The SMILES string of the molecule is Cc1cc(OCC(=O)NCCC(=O)N2CC[C@]3(O)CCCC[C@H]3C2)c2c(C)c(C)c(=O)oc2c1. The molecule has 2 aliphatic rings. The van der Waals surface area contributed by atoms with E-state index in [-0.39, 0.29) is 42.9 Å². The zero-order valence-electron chi connectivity index (χ0n) is 20.2. The molecule has 1 saturated carbocycles. The summed E-state index contributed by atoms with van der Waals surface area (Å²) >= 11 is 0. The monoisotopic (exact) mass is 470 g/mol. The maximum Gasteiger partial charge on any atom is 0.339 e. The van der Waals surface area contributed by atoms with Gasteiger partial charge in [0.1, 0.15) is 11.3 Å².